The lowest BCUT2D eigenvalue weighted by Crippen LogP contribution is -2.54. The number of rotatable bonds is 4. The zero-order valence-electron chi connectivity index (χ0n) is 15.7. The van der Waals surface area contributed by atoms with Gasteiger partial charge in [0.25, 0.3) is 11.8 Å². The number of amides is 4. The molecular formula is C22H20N2O4. The highest BCUT2D eigenvalue weighted by molar-refractivity contribution is 6.39. The normalized spacial score (nSPS) is 15.7. The van der Waals surface area contributed by atoms with Gasteiger partial charge < -0.3 is 5.11 Å². The maximum Gasteiger partial charge on any atom is 0.335 e. The standard InChI is InChI=1S/C22H20N2O4/c1-4-5-16-11-15(6-7-19(16)25)12-18-20(26)23-22(28)24(21(18)27)17-9-13(2)8-14(3)10-17/h4,6-12,25H,1,5H2,2-3H3,(H,23,26,28)/b18-12+. The van der Waals surface area contributed by atoms with E-state index in [9.17, 15) is 19.5 Å². The van der Waals surface area contributed by atoms with Gasteiger partial charge in [0.05, 0.1) is 5.69 Å². The van der Waals surface area contributed by atoms with Crippen molar-refractivity contribution < 1.29 is 19.5 Å². The number of hydrogen-bond acceptors (Lipinski definition) is 4. The number of carbonyl (C=O) groups is 3. The minimum Gasteiger partial charge on any atom is -0.508 e. The Bertz CT molecular complexity index is 1020. The van der Waals surface area contributed by atoms with Gasteiger partial charge in [0.1, 0.15) is 11.3 Å². The lowest BCUT2D eigenvalue weighted by molar-refractivity contribution is -0.122. The molecule has 0 saturated carbocycles. The quantitative estimate of drug-likeness (QED) is 0.486. The number of phenolic OH excluding ortho intramolecular Hbond substituents is 1. The van der Waals surface area contributed by atoms with Crippen molar-refractivity contribution in [1.29, 1.82) is 0 Å². The molecule has 0 spiro atoms. The van der Waals surface area contributed by atoms with Crippen molar-refractivity contribution in [3.63, 3.8) is 0 Å². The minimum atomic E-state index is -0.782. The smallest absolute Gasteiger partial charge is 0.335 e. The average molecular weight is 376 g/mol. The molecule has 6 nitrogen and oxygen atoms in total. The van der Waals surface area contributed by atoms with Gasteiger partial charge in [-0.15, -0.1) is 6.58 Å². The summed E-state index contributed by atoms with van der Waals surface area (Å²) in [6.45, 7) is 7.37. The first-order valence-corrected chi connectivity index (χ1v) is 8.72. The van der Waals surface area contributed by atoms with Gasteiger partial charge in [-0.2, -0.15) is 0 Å². The monoisotopic (exact) mass is 376 g/mol. The largest absolute Gasteiger partial charge is 0.508 e. The Morgan fingerprint density at radius 2 is 1.75 bits per heavy atom. The zero-order valence-corrected chi connectivity index (χ0v) is 15.7. The first-order chi connectivity index (χ1) is 13.3. The summed E-state index contributed by atoms with van der Waals surface area (Å²) in [6, 6.07) is 9.31. The number of benzene rings is 2. The van der Waals surface area contributed by atoms with E-state index in [4.69, 9.17) is 0 Å². The highest BCUT2D eigenvalue weighted by Crippen LogP contribution is 2.25. The van der Waals surface area contributed by atoms with E-state index in [0.717, 1.165) is 16.0 Å². The van der Waals surface area contributed by atoms with Gasteiger partial charge >= 0.3 is 6.03 Å². The molecule has 1 heterocycles. The third-order valence-corrected chi connectivity index (χ3v) is 4.35. The predicted molar refractivity (Wildman–Crippen MR) is 107 cm³/mol. The van der Waals surface area contributed by atoms with Gasteiger partial charge in [0.15, 0.2) is 0 Å². The summed E-state index contributed by atoms with van der Waals surface area (Å²) in [5, 5.41) is 12.1. The van der Waals surface area contributed by atoms with Crippen LogP contribution in [0.25, 0.3) is 6.08 Å². The Balaban J connectivity index is 2.03. The number of barbiturate groups is 1. The molecule has 2 N–H and O–H groups in total. The fourth-order valence-corrected chi connectivity index (χ4v) is 3.15. The van der Waals surface area contributed by atoms with Crippen LogP contribution in [-0.4, -0.2) is 23.0 Å². The van der Waals surface area contributed by atoms with Crippen molar-refractivity contribution >= 4 is 29.6 Å². The maximum atomic E-state index is 13.0. The maximum absolute atomic E-state index is 13.0. The van der Waals surface area contributed by atoms with Gasteiger partial charge in [0, 0.05) is 0 Å². The first kappa shape index (κ1) is 19.1. The van der Waals surface area contributed by atoms with E-state index in [-0.39, 0.29) is 11.3 Å². The second-order valence-electron chi connectivity index (χ2n) is 6.68. The molecule has 2 aromatic carbocycles. The molecule has 142 valence electrons. The molecule has 2 aromatic rings. The number of nitrogens with zero attached hydrogens (tertiary/aromatic N) is 1. The fraction of sp³-hybridized carbons (Fsp3) is 0.136. The van der Waals surface area contributed by atoms with Crippen LogP contribution in [0.3, 0.4) is 0 Å². The van der Waals surface area contributed by atoms with E-state index in [1.54, 1.807) is 30.3 Å². The predicted octanol–water partition coefficient (Wildman–Crippen LogP) is 3.40. The van der Waals surface area contributed by atoms with E-state index in [1.165, 1.54) is 12.1 Å². The first-order valence-electron chi connectivity index (χ1n) is 8.72. The molecule has 0 aliphatic carbocycles. The molecule has 1 fully saturated rings. The number of imide groups is 2. The second kappa shape index (κ2) is 7.52. The summed E-state index contributed by atoms with van der Waals surface area (Å²) < 4.78 is 0. The van der Waals surface area contributed by atoms with Crippen molar-refractivity contribution in [3.05, 3.63) is 76.9 Å². The Labute approximate surface area is 162 Å². The van der Waals surface area contributed by atoms with Crippen LogP contribution in [0.5, 0.6) is 5.75 Å². The average Bonchev–Trinajstić information content (AvgIpc) is 2.60. The van der Waals surface area contributed by atoms with E-state index < -0.39 is 17.8 Å². The molecule has 0 bridgehead atoms. The van der Waals surface area contributed by atoms with Crippen LogP contribution in [0.1, 0.15) is 22.3 Å². The van der Waals surface area contributed by atoms with Crippen LogP contribution in [0.15, 0.2) is 54.6 Å². The molecular weight excluding hydrogens is 356 g/mol. The van der Waals surface area contributed by atoms with Crippen molar-refractivity contribution in [3.8, 4) is 5.75 Å². The van der Waals surface area contributed by atoms with Crippen LogP contribution in [0, 0.1) is 13.8 Å². The Morgan fingerprint density at radius 1 is 1.07 bits per heavy atom. The van der Waals surface area contributed by atoms with Crippen LogP contribution < -0.4 is 10.2 Å². The number of aryl methyl sites for hydroxylation is 2. The number of anilines is 1. The van der Waals surface area contributed by atoms with Gasteiger partial charge in [-0.05, 0) is 72.9 Å². The summed E-state index contributed by atoms with van der Waals surface area (Å²) in [4.78, 5) is 38.5. The molecule has 4 amide bonds. The van der Waals surface area contributed by atoms with Crippen molar-refractivity contribution in [2.24, 2.45) is 0 Å². The number of phenols is 1. The van der Waals surface area contributed by atoms with Crippen LogP contribution in [-0.2, 0) is 16.0 Å². The molecule has 0 unspecified atom stereocenters. The number of hydrogen-bond donors (Lipinski definition) is 2. The van der Waals surface area contributed by atoms with Gasteiger partial charge in [-0.25, -0.2) is 9.69 Å². The molecule has 28 heavy (non-hydrogen) atoms. The summed E-state index contributed by atoms with van der Waals surface area (Å²) in [5.41, 5.74) is 3.21. The van der Waals surface area contributed by atoms with Crippen molar-refractivity contribution in [2.75, 3.05) is 4.90 Å². The van der Waals surface area contributed by atoms with Crippen molar-refractivity contribution in [2.45, 2.75) is 20.3 Å². The molecule has 0 atom stereocenters. The molecule has 0 radical (unpaired) electrons. The van der Waals surface area contributed by atoms with E-state index >= 15 is 0 Å². The zero-order chi connectivity index (χ0) is 20.4. The lowest BCUT2D eigenvalue weighted by atomic mass is 10.0. The number of allylic oxidation sites excluding steroid dienone is 1. The van der Waals surface area contributed by atoms with Crippen LogP contribution in [0.2, 0.25) is 0 Å². The highest BCUT2D eigenvalue weighted by Gasteiger charge is 2.36. The van der Waals surface area contributed by atoms with Crippen molar-refractivity contribution in [1.82, 2.24) is 5.32 Å². The Hall–Kier alpha value is -3.67. The summed E-state index contributed by atoms with van der Waals surface area (Å²) >= 11 is 0. The number of aromatic hydroxyl groups is 1. The molecule has 6 heteroatoms. The fourth-order valence-electron chi connectivity index (χ4n) is 3.15. The summed E-state index contributed by atoms with van der Waals surface area (Å²) in [7, 11) is 0. The third kappa shape index (κ3) is 3.71. The second-order valence-corrected chi connectivity index (χ2v) is 6.68. The summed E-state index contributed by atoms with van der Waals surface area (Å²) in [6.07, 6.45) is 3.49. The Morgan fingerprint density at radius 3 is 2.39 bits per heavy atom. The van der Waals surface area contributed by atoms with Gasteiger partial charge in [0.2, 0.25) is 0 Å². The van der Waals surface area contributed by atoms with E-state index in [0.29, 0.717) is 23.2 Å². The third-order valence-electron chi connectivity index (χ3n) is 4.35. The summed E-state index contributed by atoms with van der Waals surface area (Å²) in [5.74, 6) is -1.35. The van der Waals surface area contributed by atoms with E-state index in [2.05, 4.69) is 11.9 Å². The lowest BCUT2D eigenvalue weighted by Gasteiger charge is -2.27. The SMILES string of the molecule is C=CCc1cc(/C=C2\C(=O)NC(=O)N(c3cc(C)cc(C)c3)C2=O)ccc1O. The topological polar surface area (TPSA) is 86.7 Å². The minimum absolute atomic E-state index is 0.105. The Kier molecular flexibility index (Phi) is 5.13. The highest BCUT2D eigenvalue weighted by atomic mass is 16.3. The molecule has 3 rings (SSSR count). The van der Waals surface area contributed by atoms with Gasteiger partial charge in [-0.3, -0.25) is 14.9 Å². The van der Waals surface area contributed by atoms with Crippen LogP contribution in [0.4, 0.5) is 10.5 Å². The molecule has 0 aromatic heterocycles. The van der Waals surface area contributed by atoms with Crippen LogP contribution >= 0.6 is 0 Å². The molecule has 1 aliphatic heterocycles. The number of nitrogens with one attached hydrogen (secondary N) is 1. The van der Waals surface area contributed by atoms with Gasteiger partial charge in [-0.1, -0.05) is 18.2 Å². The van der Waals surface area contributed by atoms with E-state index in [1.807, 2.05) is 19.9 Å². The number of urea groups is 1. The number of carbonyl (C=O) groups excluding carboxylic acids is 3. The molecule has 1 aliphatic rings. The molecule has 1 saturated heterocycles.